The van der Waals surface area contributed by atoms with Crippen molar-refractivity contribution >= 4 is 33.0 Å². The van der Waals surface area contributed by atoms with Gasteiger partial charge in [-0.1, -0.05) is 54.1 Å². The molecule has 0 atom stereocenters. The lowest BCUT2D eigenvalue weighted by Gasteiger charge is -2.08. The highest BCUT2D eigenvalue weighted by molar-refractivity contribution is 7.92. The van der Waals surface area contributed by atoms with Crippen LogP contribution in [0.1, 0.15) is 21.5 Å². The van der Waals surface area contributed by atoms with Gasteiger partial charge in [0.25, 0.3) is 5.91 Å². The van der Waals surface area contributed by atoms with Crippen LogP contribution in [-0.2, 0) is 16.6 Å². The molecule has 0 spiro atoms. The van der Waals surface area contributed by atoms with E-state index in [0.717, 1.165) is 33.6 Å². The van der Waals surface area contributed by atoms with Crippen molar-refractivity contribution in [1.82, 2.24) is 10.3 Å². The van der Waals surface area contributed by atoms with E-state index in [1.165, 1.54) is 5.56 Å². The molecular weight excluding hydrogens is 454 g/mol. The average Bonchev–Trinajstić information content (AvgIpc) is 3.28. The summed E-state index contributed by atoms with van der Waals surface area (Å²) >= 11 is 1.60. The first-order chi connectivity index (χ1) is 15.8. The molecule has 6 nitrogen and oxygen atoms in total. The maximum Gasteiger partial charge on any atom is 0.251 e. The molecule has 0 aliphatic heterocycles. The van der Waals surface area contributed by atoms with Crippen LogP contribution in [0.2, 0.25) is 0 Å². The van der Waals surface area contributed by atoms with Crippen LogP contribution in [-0.4, -0.2) is 25.6 Å². The lowest BCUT2D eigenvalue weighted by atomic mass is 10.1. The molecular formula is C25H23N3O3S2. The third-order valence-corrected chi connectivity index (χ3v) is 6.45. The second-order valence-electron chi connectivity index (χ2n) is 7.74. The summed E-state index contributed by atoms with van der Waals surface area (Å²) in [6.07, 6.45) is 1.08. The van der Waals surface area contributed by atoms with Crippen molar-refractivity contribution in [3.63, 3.8) is 0 Å². The molecule has 4 aromatic rings. The van der Waals surface area contributed by atoms with Gasteiger partial charge in [0.2, 0.25) is 10.0 Å². The number of hydrogen-bond acceptors (Lipinski definition) is 5. The number of amides is 1. The van der Waals surface area contributed by atoms with E-state index in [4.69, 9.17) is 4.98 Å². The standard InChI is InChI=1S/C25H23N3O3S2/c1-17-3-7-19(8-4-17)23-16-32-25(27-23)21-9-5-18(6-10-21)15-26-24(29)20-11-13-22(14-12-20)28-33(2,30)31/h3-14,16,28H,15H2,1-2H3,(H,26,29). The summed E-state index contributed by atoms with van der Waals surface area (Å²) in [5, 5.41) is 5.89. The predicted molar refractivity (Wildman–Crippen MR) is 134 cm³/mol. The number of benzene rings is 3. The van der Waals surface area contributed by atoms with Crippen LogP contribution in [0, 0.1) is 6.92 Å². The Bertz CT molecular complexity index is 1360. The maximum absolute atomic E-state index is 12.4. The second-order valence-corrected chi connectivity index (χ2v) is 10.3. The first-order valence-electron chi connectivity index (χ1n) is 10.2. The Morgan fingerprint density at radius 1 is 0.909 bits per heavy atom. The number of nitrogens with zero attached hydrogens (tertiary/aromatic N) is 1. The summed E-state index contributed by atoms with van der Waals surface area (Å²) in [6.45, 7) is 2.45. The van der Waals surface area contributed by atoms with Gasteiger partial charge >= 0.3 is 0 Å². The molecule has 3 aromatic carbocycles. The lowest BCUT2D eigenvalue weighted by Crippen LogP contribution is -2.22. The highest BCUT2D eigenvalue weighted by Crippen LogP contribution is 2.29. The SMILES string of the molecule is Cc1ccc(-c2csc(-c3ccc(CNC(=O)c4ccc(NS(C)(=O)=O)cc4)cc3)n2)cc1. The molecule has 0 fully saturated rings. The minimum atomic E-state index is -3.35. The van der Waals surface area contributed by atoms with Gasteiger partial charge in [0.05, 0.1) is 11.9 Å². The molecule has 1 heterocycles. The number of thiazole rings is 1. The smallest absolute Gasteiger partial charge is 0.251 e. The van der Waals surface area contributed by atoms with Gasteiger partial charge in [-0.3, -0.25) is 9.52 Å². The Morgan fingerprint density at radius 2 is 1.55 bits per heavy atom. The van der Waals surface area contributed by atoms with Crippen molar-refractivity contribution in [2.75, 3.05) is 11.0 Å². The number of anilines is 1. The molecule has 0 unspecified atom stereocenters. The second kappa shape index (κ2) is 9.56. The molecule has 1 aromatic heterocycles. The number of aromatic nitrogens is 1. The van der Waals surface area contributed by atoms with E-state index in [9.17, 15) is 13.2 Å². The lowest BCUT2D eigenvalue weighted by molar-refractivity contribution is 0.0951. The molecule has 4 rings (SSSR count). The molecule has 33 heavy (non-hydrogen) atoms. The summed E-state index contributed by atoms with van der Waals surface area (Å²) in [5.41, 5.74) is 6.15. The fourth-order valence-electron chi connectivity index (χ4n) is 3.22. The number of aryl methyl sites for hydroxylation is 1. The van der Waals surface area contributed by atoms with E-state index in [1.54, 1.807) is 35.6 Å². The Labute approximate surface area is 197 Å². The van der Waals surface area contributed by atoms with Gasteiger partial charge in [-0.25, -0.2) is 13.4 Å². The number of nitrogens with one attached hydrogen (secondary N) is 2. The van der Waals surface area contributed by atoms with Crippen LogP contribution >= 0.6 is 11.3 Å². The third kappa shape index (κ3) is 6.06. The van der Waals surface area contributed by atoms with Crippen molar-refractivity contribution in [3.8, 4) is 21.8 Å². The van der Waals surface area contributed by atoms with E-state index >= 15 is 0 Å². The molecule has 1 amide bonds. The van der Waals surface area contributed by atoms with Crippen LogP contribution in [0.15, 0.2) is 78.2 Å². The first-order valence-corrected chi connectivity index (χ1v) is 13.0. The highest BCUT2D eigenvalue weighted by atomic mass is 32.2. The fourth-order valence-corrected chi connectivity index (χ4v) is 4.62. The Kier molecular flexibility index (Phi) is 6.57. The molecule has 0 aliphatic carbocycles. The highest BCUT2D eigenvalue weighted by Gasteiger charge is 2.09. The molecule has 2 N–H and O–H groups in total. The number of hydrogen-bond donors (Lipinski definition) is 2. The zero-order valence-electron chi connectivity index (χ0n) is 18.2. The predicted octanol–water partition coefficient (Wildman–Crippen LogP) is 5.09. The van der Waals surface area contributed by atoms with Gasteiger partial charge in [0, 0.05) is 34.3 Å². The van der Waals surface area contributed by atoms with E-state index in [0.29, 0.717) is 17.8 Å². The van der Waals surface area contributed by atoms with E-state index < -0.39 is 10.0 Å². The number of rotatable bonds is 7. The Balaban J connectivity index is 1.36. The molecule has 0 saturated carbocycles. The van der Waals surface area contributed by atoms with Crippen LogP contribution in [0.3, 0.4) is 0 Å². The zero-order valence-corrected chi connectivity index (χ0v) is 19.8. The largest absolute Gasteiger partial charge is 0.348 e. The summed E-state index contributed by atoms with van der Waals surface area (Å²) < 4.78 is 24.9. The topological polar surface area (TPSA) is 88.2 Å². The van der Waals surface area contributed by atoms with Gasteiger partial charge in [-0.05, 0) is 36.8 Å². The first kappa shape index (κ1) is 22.7. The van der Waals surface area contributed by atoms with Crippen molar-refractivity contribution in [3.05, 3.63) is 94.9 Å². The summed E-state index contributed by atoms with van der Waals surface area (Å²) in [4.78, 5) is 17.2. The third-order valence-electron chi connectivity index (χ3n) is 4.96. The molecule has 0 aliphatic rings. The zero-order chi connectivity index (χ0) is 23.4. The normalized spacial score (nSPS) is 11.2. The molecule has 0 bridgehead atoms. The van der Waals surface area contributed by atoms with E-state index in [1.807, 2.05) is 24.3 Å². The Morgan fingerprint density at radius 3 is 2.18 bits per heavy atom. The van der Waals surface area contributed by atoms with Crippen LogP contribution < -0.4 is 10.0 Å². The van der Waals surface area contributed by atoms with Gasteiger partial charge in [-0.2, -0.15) is 0 Å². The van der Waals surface area contributed by atoms with Crippen molar-refractivity contribution < 1.29 is 13.2 Å². The molecule has 0 radical (unpaired) electrons. The summed E-state index contributed by atoms with van der Waals surface area (Å²) in [6, 6.07) is 22.6. The van der Waals surface area contributed by atoms with Crippen LogP contribution in [0.5, 0.6) is 0 Å². The quantitative estimate of drug-likeness (QED) is 0.388. The fraction of sp³-hybridized carbons (Fsp3) is 0.120. The van der Waals surface area contributed by atoms with Gasteiger partial charge < -0.3 is 5.32 Å². The minimum absolute atomic E-state index is 0.229. The van der Waals surface area contributed by atoms with Crippen molar-refractivity contribution in [2.24, 2.45) is 0 Å². The van der Waals surface area contributed by atoms with E-state index in [2.05, 4.69) is 46.6 Å². The maximum atomic E-state index is 12.4. The van der Waals surface area contributed by atoms with Crippen molar-refractivity contribution in [1.29, 1.82) is 0 Å². The summed E-state index contributed by atoms with van der Waals surface area (Å²) in [5.74, 6) is -0.229. The van der Waals surface area contributed by atoms with Crippen molar-refractivity contribution in [2.45, 2.75) is 13.5 Å². The number of carbonyl (C=O) groups is 1. The monoisotopic (exact) mass is 477 g/mol. The average molecular weight is 478 g/mol. The molecule has 0 saturated heterocycles. The van der Waals surface area contributed by atoms with Gasteiger partial charge in [-0.15, -0.1) is 11.3 Å². The summed E-state index contributed by atoms with van der Waals surface area (Å²) in [7, 11) is -3.35. The Hall–Kier alpha value is -3.49. The molecule has 8 heteroatoms. The number of carbonyl (C=O) groups excluding carboxylic acids is 1. The van der Waals surface area contributed by atoms with Crippen LogP contribution in [0.4, 0.5) is 5.69 Å². The van der Waals surface area contributed by atoms with Crippen LogP contribution in [0.25, 0.3) is 21.8 Å². The number of sulfonamides is 1. The van der Waals surface area contributed by atoms with Gasteiger partial charge in [0.15, 0.2) is 0 Å². The molecule has 168 valence electrons. The van der Waals surface area contributed by atoms with Gasteiger partial charge in [0.1, 0.15) is 5.01 Å². The minimum Gasteiger partial charge on any atom is -0.348 e. The van der Waals surface area contributed by atoms with E-state index in [-0.39, 0.29) is 5.91 Å².